The van der Waals surface area contributed by atoms with E-state index in [0.29, 0.717) is 11.8 Å². The van der Waals surface area contributed by atoms with E-state index >= 15 is 0 Å². The highest BCUT2D eigenvalue weighted by Gasteiger charge is 2.22. The lowest BCUT2D eigenvalue weighted by Gasteiger charge is -2.39. The fraction of sp³-hybridized carbons (Fsp3) is 0.625. The van der Waals surface area contributed by atoms with Crippen molar-refractivity contribution in [3.63, 3.8) is 0 Å². The van der Waals surface area contributed by atoms with E-state index in [1.54, 1.807) is 6.07 Å². The van der Waals surface area contributed by atoms with Crippen LogP contribution in [0.4, 0.5) is 0 Å². The van der Waals surface area contributed by atoms with E-state index in [-0.39, 0.29) is 0 Å². The lowest BCUT2D eigenvalue weighted by Crippen LogP contribution is -2.51. The maximum atomic E-state index is 9.51. The fourth-order valence-electron chi connectivity index (χ4n) is 2.98. The predicted octanol–water partition coefficient (Wildman–Crippen LogP) is 1.64. The van der Waals surface area contributed by atoms with Crippen LogP contribution < -0.4 is 5.73 Å². The second-order valence-electron chi connectivity index (χ2n) is 5.66. The van der Waals surface area contributed by atoms with Crippen LogP contribution in [0.1, 0.15) is 25.3 Å². The minimum Gasteiger partial charge on any atom is -0.508 e. The van der Waals surface area contributed by atoms with Gasteiger partial charge in [0.05, 0.1) is 0 Å². The van der Waals surface area contributed by atoms with Crippen LogP contribution >= 0.6 is 0 Å². The first-order valence-electron chi connectivity index (χ1n) is 7.67. The maximum absolute atomic E-state index is 9.51. The standard InChI is InChI=1S/C16H27N3O/c1-2-4-15(12-17)19-9-7-18(8-10-19)13-14-5-3-6-16(20)11-14/h3,5-6,11,15,20H,2,4,7-10,12-13,17H2,1H3. The summed E-state index contributed by atoms with van der Waals surface area (Å²) in [5.74, 6) is 0.354. The molecule has 1 unspecified atom stereocenters. The SMILES string of the molecule is CCCC(CN)N1CCN(Cc2cccc(O)c2)CC1. The molecule has 1 atom stereocenters. The molecule has 1 fully saturated rings. The van der Waals surface area contributed by atoms with Crippen LogP contribution in [0.15, 0.2) is 24.3 Å². The van der Waals surface area contributed by atoms with Gasteiger partial charge in [-0.05, 0) is 24.1 Å². The monoisotopic (exact) mass is 277 g/mol. The first kappa shape index (κ1) is 15.3. The Labute approximate surface area is 122 Å². The van der Waals surface area contributed by atoms with E-state index in [2.05, 4.69) is 22.8 Å². The topological polar surface area (TPSA) is 52.7 Å². The number of nitrogens with two attached hydrogens (primary N) is 1. The van der Waals surface area contributed by atoms with Crippen molar-refractivity contribution in [3.05, 3.63) is 29.8 Å². The summed E-state index contributed by atoms with van der Waals surface area (Å²) in [5, 5.41) is 9.51. The van der Waals surface area contributed by atoms with Crippen LogP contribution in [0.2, 0.25) is 0 Å². The number of piperazine rings is 1. The second kappa shape index (κ2) is 7.62. The molecular weight excluding hydrogens is 250 g/mol. The molecule has 0 aliphatic carbocycles. The average molecular weight is 277 g/mol. The van der Waals surface area contributed by atoms with E-state index in [9.17, 15) is 5.11 Å². The Bertz CT molecular complexity index is 402. The number of phenols is 1. The zero-order valence-electron chi connectivity index (χ0n) is 12.5. The summed E-state index contributed by atoms with van der Waals surface area (Å²) in [5.41, 5.74) is 7.06. The van der Waals surface area contributed by atoms with E-state index in [4.69, 9.17) is 5.73 Å². The molecule has 0 spiro atoms. The van der Waals surface area contributed by atoms with Gasteiger partial charge in [-0.2, -0.15) is 0 Å². The van der Waals surface area contributed by atoms with Crippen molar-refractivity contribution in [2.75, 3.05) is 32.7 Å². The van der Waals surface area contributed by atoms with E-state index in [0.717, 1.165) is 39.3 Å². The highest BCUT2D eigenvalue weighted by molar-refractivity contribution is 5.27. The van der Waals surface area contributed by atoms with E-state index in [1.807, 2.05) is 12.1 Å². The third-order valence-electron chi connectivity index (χ3n) is 4.13. The first-order chi connectivity index (χ1) is 9.72. The largest absolute Gasteiger partial charge is 0.508 e. The van der Waals surface area contributed by atoms with Gasteiger partial charge in [0.15, 0.2) is 0 Å². The third kappa shape index (κ3) is 4.20. The molecule has 1 heterocycles. The van der Waals surface area contributed by atoms with Crippen molar-refractivity contribution < 1.29 is 5.11 Å². The number of nitrogens with zero attached hydrogens (tertiary/aromatic N) is 2. The van der Waals surface area contributed by atoms with Gasteiger partial charge >= 0.3 is 0 Å². The predicted molar refractivity (Wildman–Crippen MR) is 82.7 cm³/mol. The number of aromatic hydroxyl groups is 1. The molecule has 0 amide bonds. The van der Waals surface area contributed by atoms with Crippen LogP contribution in [-0.4, -0.2) is 53.7 Å². The first-order valence-corrected chi connectivity index (χ1v) is 7.67. The van der Waals surface area contributed by atoms with Gasteiger partial charge in [-0.15, -0.1) is 0 Å². The van der Waals surface area contributed by atoms with Crippen molar-refractivity contribution >= 4 is 0 Å². The number of hydrogen-bond donors (Lipinski definition) is 2. The van der Waals surface area contributed by atoms with E-state index < -0.39 is 0 Å². The highest BCUT2D eigenvalue weighted by atomic mass is 16.3. The van der Waals surface area contributed by atoms with Gasteiger partial charge in [0.1, 0.15) is 5.75 Å². The molecule has 1 saturated heterocycles. The van der Waals surface area contributed by atoms with Gasteiger partial charge in [0.2, 0.25) is 0 Å². The molecule has 1 aliphatic rings. The molecule has 112 valence electrons. The molecule has 4 heteroatoms. The van der Waals surface area contributed by atoms with Crippen LogP contribution in [0, 0.1) is 0 Å². The molecule has 0 bridgehead atoms. The second-order valence-corrected chi connectivity index (χ2v) is 5.66. The van der Waals surface area contributed by atoms with Gasteiger partial charge in [-0.25, -0.2) is 0 Å². The molecule has 4 nitrogen and oxygen atoms in total. The molecule has 0 radical (unpaired) electrons. The normalized spacial score (nSPS) is 19.1. The van der Waals surface area contributed by atoms with Crippen molar-refractivity contribution in [2.45, 2.75) is 32.4 Å². The summed E-state index contributed by atoms with van der Waals surface area (Å²) < 4.78 is 0. The molecule has 20 heavy (non-hydrogen) atoms. The molecule has 0 aromatic heterocycles. The number of benzene rings is 1. The average Bonchev–Trinajstić information content (AvgIpc) is 2.46. The Kier molecular flexibility index (Phi) is 5.83. The summed E-state index contributed by atoms with van der Waals surface area (Å²) in [6.45, 7) is 8.26. The quantitative estimate of drug-likeness (QED) is 0.830. The number of phenolic OH excluding ortho intramolecular Hbond substituents is 1. The molecule has 2 rings (SSSR count). The van der Waals surface area contributed by atoms with Gasteiger partial charge < -0.3 is 10.8 Å². The zero-order valence-corrected chi connectivity index (χ0v) is 12.5. The molecule has 0 saturated carbocycles. The summed E-state index contributed by atoms with van der Waals surface area (Å²) in [7, 11) is 0. The summed E-state index contributed by atoms with van der Waals surface area (Å²) in [6, 6.07) is 8.10. The Morgan fingerprint density at radius 3 is 2.60 bits per heavy atom. The van der Waals surface area contributed by atoms with Crippen molar-refractivity contribution in [2.24, 2.45) is 5.73 Å². The van der Waals surface area contributed by atoms with Crippen LogP contribution in [-0.2, 0) is 6.54 Å². The number of hydrogen-bond acceptors (Lipinski definition) is 4. The molecule has 1 aliphatic heterocycles. The summed E-state index contributed by atoms with van der Waals surface area (Å²) in [4.78, 5) is 4.98. The minimum absolute atomic E-state index is 0.354. The molecule has 1 aromatic rings. The Morgan fingerprint density at radius 2 is 2.00 bits per heavy atom. The lowest BCUT2D eigenvalue weighted by atomic mass is 10.1. The zero-order chi connectivity index (χ0) is 14.4. The molecule has 1 aromatic carbocycles. The minimum atomic E-state index is 0.354. The number of rotatable bonds is 6. The Morgan fingerprint density at radius 1 is 1.25 bits per heavy atom. The third-order valence-corrected chi connectivity index (χ3v) is 4.13. The maximum Gasteiger partial charge on any atom is 0.115 e. The Balaban J connectivity index is 1.82. The summed E-state index contributed by atoms with van der Waals surface area (Å²) in [6.07, 6.45) is 2.40. The van der Waals surface area contributed by atoms with Gasteiger partial charge in [-0.3, -0.25) is 9.80 Å². The Hall–Kier alpha value is -1.10. The van der Waals surface area contributed by atoms with Crippen molar-refractivity contribution in [3.8, 4) is 5.75 Å². The van der Waals surface area contributed by atoms with Gasteiger partial charge in [0, 0.05) is 45.3 Å². The van der Waals surface area contributed by atoms with Gasteiger partial charge in [0.25, 0.3) is 0 Å². The van der Waals surface area contributed by atoms with Crippen molar-refractivity contribution in [1.29, 1.82) is 0 Å². The van der Waals surface area contributed by atoms with E-state index in [1.165, 1.54) is 18.4 Å². The lowest BCUT2D eigenvalue weighted by molar-refractivity contribution is 0.0904. The smallest absolute Gasteiger partial charge is 0.115 e. The van der Waals surface area contributed by atoms with Crippen LogP contribution in [0.25, 0.3) is 0 Å². The van der Waals surface area contributed by atoms with Crippen LogP contribution in [0.5, 0.6) is 5.75 Å². The van der Waals surface area contributed by atoms with Gasteiger partial charge in [-0.1, -0.05) is 25.5 Å². The molecular formula is C16H27N3O. The van der Waals surface area contributed by atoms with Crippen molar-refractivity contribution in [1.82, 2.24) is 9.80 Å². The molecule has 3 N–H and O–H groups in total. The van der Waals surface area contributed by atoms with Crippen LogP contribution in [0.3, 0.4) is 0 Å². The highest BCUT2D eigenvalue weighted by Crippen LogP contribution is 2.15. The summed E-state index contributed by atoms with van der Waals surface area (Å²) >= 11 is 0. The fourth-order valence-corrected chi connectivity index (χ4v) is 2.98.